The second-order valence-corrected chi connectivity index (χ2v) is 4.18. The van der Waals surface area contributed by atoms with Crippen LogP contribution in [0.1, 0.15) is 21.5 Å². The molecule has 0 radical (unpaired) electrons. The normalized spacial score (nSPS) is 10.3. The topological polar surface area (TPSA) is 44.9 Å². The molecule has 2 aromatic rings. The number of halogens is 1. The van der Waals surface area contributed by atoms with Gasteiger partial charge in [0.05, 0.1) is 5.56 Å². The first-order valence-electron chi connectivity index (χ1n) is 5.83. The molecular formula is C14H15FN2O. The second-order valence-electron chi connectivity index (χ2n) is 4.18. The number of H-pyrrole nitrogens is 1. The number of hydrogen-bond donors (Lipinski definition) is 2. The highest BCUT2D eigenvalue weighted by Gasteiger charge is 2.08. The summed E-state index contributed by atoms with van der Waals surface area (Å²) in [5, 5.41) is 2.84. The van der Waals surface area contributed by atoms with Crippen molar-refractivity contribution in [2.24, 2.45) is 0 Å². The van der Waals surface area contributed by atoms with Gasteiger partial charge in [-0.25, -0.2) is 4.39 Å². The Bertz CT molecular complexity index is 531. The maximum absolute atomic E-state index is 12.7. The molecule has 3 nitrogen and oxygen atoms in total. The highest BCUT2D eigenvalue weighted by atomic mass is 19.1. The molecule has 0 aliphatic rings. The van der Waals surface area contributed by atoms with Gasteiger partial charge in [-0.2, -0.15) is 0 Å². The Morgan fingerprint density at radius 2 is 2.00 bits per heavy atom. The Kier molecular flexibility index (Phi) is 3.77. The largest absolute Gasteiger partial charge is 0.367 e. The standard InChI is InChI=1S/C14H15FN2O/c1-10-8-16-9-13(10)14(18)17-7-6-11-2-4-12(15)5-3-11/h2-5,8-9,16H,6-7H2,1H3,(H,17,18). The zero-order valence-electron chi connectivity index (χ0n) is 10.2. The average Bonchev–Trinajstić information content (AvgIpc) is 2.78. The number of aromatic nitrogens is 1. The van der Waals surface area contributed by atoms with Gasteiger partial charge >= 0.3 is 0 Å². The number of carbonyl (C=O) groups excluding carboxylic acids is 1. The summed E-state index contributed by atoms with van der Waals surface area (Å²) >= 11 is 0. The van der Waals surface area contributed by atoms with Crippen LogP contribution in [-0.2, 0) is 6.42 Å². The van der Waals surface area contributed by atoms with Gasteiger partial charge in [0.25, 0.3) is 5.91 Å². The predicted octanol–water partition coefficient (Wildman–Crippen LogP) is 2.43. The van der Waals surface area contributed by atoms with E-state index in [1.54, 1.807) is 24.5 Å². The van der Waals surface area contributed by atoms with Crippen molar-refractivity contribution in [3.8, 4) is 0 Å². The zero-order chi connectivity index (χ0) is 13.0. The van der Waals surface area contributed by atoms with Crippen molar-refractivity contribution in [2.45, 2.75) is 13.3 Å². The van der Waals surface area contributed by atoms with Crippen LogP contribution in [0.25, 0.3) is 0 Å². The highest BCUT2D eigenvalue weighted by molar-refractivity contribution is 5.95. The number of benzene rings is 1. The summed E-state index contributed by atoms with van der Waals surface area (Å²) in [6.45, 7) is 2.42. The molecule has 4 heteroatoms. The Morgan fingerprint density at radius 3 is 2.61 bits per heavy atom. The number of amides is 1. The van der Waals surface area contributed by atoms with E-state index in [0.29, 0.717) is 18.5 Å². The number of aromatic amines is 1. The summed E-state index contributed by atoms with van der Waals surface area (Å²) in [5.41, 5.74) is 2.59. The predicted molar refractivity (Wildman–Crippen MR) is 68.0 cm³/mol. The number of carbonyl (C=O) groups is 1. The number of hydrogen-bond acceptors (Lipinski definition) is 1. The van der Waals surface area contributed by atoms with E-state index in [1.807, 2.05) is 6.92 Å². The van der Waals surface area contributed by atoms with Crippen molar-refractivity contribution in [1.82, 2.24) is 10.3 Å². The number of aryl methyl sites for hydroxylation is 1. The maximum atomic E-state index is 12.7. The van der Waals surface area contributed by atoms with Crippen molar-refractivity contribution in [1.29, 1.82) is 0 Å². The fourth-order valence-electron chi connectivity index (χ4n) is 1.75. The van der Waals surface area contributed by atoms with Crippen LogP contribution in [0.4, 0.5) is 4.39 Å². The van der Waals surface area contributed by atoms with Crippen LogP contribution in [0, 0.1) is 12.7 Å². The van der Waals surface area contributed by atoms with E-state index in [2.05, 4.69) is 10.3 Å². The average molecular weight is 246 g/mol. The molecule has 18 heavy (non-hydrogen) atoms. The molecule has 1 aromatic heterocycles. The molecule has 0 saturated heterocycles. The van der Waals surface area contributed by atoms with Crippen molar-refractivity contribution in [2.75, 3.05) is 6.54 Å². The van der Waals surface area contributed by atoms with E-state index >= 15 is 0 Å². The minimum atomic E-state index is -0.245. The van der Waals surface area contributed by atoms with Crippen LogP contribution in [0.2, 0.25) is 0 Å². The van der Waals surface area contributed by atoms with E-state index in [4.69, 9.17) is 0 Å². The SMILES string of the molecule is Cc1c[nH]cc1C(=O)NCCc1ccc(F)cc1. The molecule has 2 rings (SSSR count). The lowest BCUT2D eigenvalue weighted by Crippen LogP contribution is -2.25. The van der Waals surface area contributed by atoms with E-state index in [0.717, 1.165) is 11.1 Å². The first kappa shape index (κ1) is 12.4. The molecule has 0 fully saturated rings. The monoisotopic (exact) mass is 246 g/mol. The summed E-state index contributed by atoms with van der Waals surface area (Å²) < 4.78 is 12.7. The third-order valence-corrected chi connectivity index (χ3v) is 2.81. The Balaban J connectivity index is 1.84. The van der Waals surface area contributed by atoms with Crippen LogP contribution in [0.5, 0.6) is 0 Å². The van der Waals surface area contributed by atoms with Crippen molar-refractivity contribution in [3.05, 3.63) is 59.2 Å². The summed E-state index contributed by atoms with van der Waals surface area (Å²) in [7, 11) is 0. The Morgan fingerprint density at radius 1 is 1.28 bits per heavy atom. The molecule has 0 unspecified atom stereocenters. The minimum absolute atomic E-state index is 0.0872. The van der Waals surface area contributed by atoms with Gasteiger partial charge in [-0.1, -0.05) is 12.1 Å². The van der Waals surface area contributed by atoms with Crippen LogP contribution in [0.15, 0.2) is 36.7 Å². The number of nitrogens with one attached hydrogen (secondary N) is 2. The zero-order valence-corrected chi connectivity index (χ0v) is 10.2. The summed E-state index contributed by atoms with van der Waals surface area (Å²) in [4.78, 5) is 14.7. The van der Waals surface area contributed by atoms with E-state index in [9.17, 15) is 9.18 Å². The Labute approximate surface area is 105 Å². The van der Waals surface area contributed by atoms with Crippen molar-refractivity contribution in [3.63, 3.8) is 0 Å². The fraction of sp³-hybridized carbons (Fsp3) is 0.214. The molecule has 0 saturated carbocycles. The highest BCUT2D eigenvalue weighted by Crippen LogP contribution is 2.06. The molecule has 2 N–H and O–H groups in total. The summed E-state index contributed by atoms with van der Waals surface area (Å²) in [6, 6.07) is 6.30. The van der Waals surface area contributed by atoms with E-state index in [-0.39, 0.29) is 11.7 Å². The summed E-state index contributed by atoms with van der Waals surface area (Å²) in [6.07, 6.45) is 4.16. The first-order valence-corrected chi connectivity index (χ1v) is 5.83. The van der Waals surface area contributed by atoms with Gasteiger partial charge in [0.1, 0.15) is 5.82 Å². The van der Waals surface area contributed by atoms with Crippen molar-refractivity contribution >= 4 is 5.91 Å². The third kappa shape index (κ3) is 2.97. The quantitative estimate of drug-likeness (QED) is 0.855. The van der Waals surface area contributed by atoms with Crippen LogP contribution in [0.3, 0.4) is 0 Å². The number of rotatable bonds is 4. The lowest BCUT2D eigenvalue weighted by Gasteiger charge is -2.05. The maximum Gasteiger partial charge on any atom is 0.253 e. The smallest absolute Gasteiger partial charge is 0.253 e. The molecule has 0 atom stereocenters. The molecule has 0 bridgehead atoms. The van der Waals surface area contributed by atoms with Gasteiger partial charge in [0.2, 0.25) is 0 Å². The Hall–Kier alpha value is -2.10. The van der Waals surface area contributed by atoms with Gasteiger partial charge in [0, 0.05) is 18.9 Å². The van der Waals surface area contributed by atoms with Crippen LogP contribution in [-0.4, -0.2) is 17.4 Å². The molecule has 1 amide bonds. The molecule has 0 spiro atoms. The molecule has 0 aliphatic carbocycles. The van der Waals surface area contributed by atoms with Gasteiger partial charge < -0.3 is 10.3 Å². The minimum Gasteiger partial charge on any atom is -0.367 e. The van der Waals surface area contributed by atoms with Gasteiger partial charge in [-0.05, 0) is 36.6 Å². The van der Waals surface area contributed by atoms with Gasteiger partial charge in [-0.3, -0.25) is 4.79 Å². The van der Waals surface area contributed by atoms with Crippen LogP contribution < -0.4 is 5.32 Å². The fourth-order valence-corrected chi connectivity index (χ4v) is 1.75. The lowest BCUT2D eigenvalue weighted by molar-refractivity contribution is 0.0954. The van der Waals surface area contributed by atoms with Gasteiger partial charge in [0.15, 0.2) is 0 Å². The summed E-state index contributed by atoms with van der Waals surface area (Å²) in [5.74, 6) is -0.332. The lowest BCUT2D eigenvalue weighted by atomic mass is 10.1. The van der Waals surface area contributed by atoms with Crippen LogP contribution >= 0.6 is 0 Å². The van der Waals surface area contributed by atoms with Gasteiger partial charge in [-0.15, -0.1) is 0 Å². The first-order chi connectivity index (χ1) is 8.66. The second kappa shape index (κ2) is 5.49. The van der Waals surface area contributed by atoms with E-state index < -0.39 is 0 Å². The molecule has 1 heterocycles. The molecule has 1 aromatic carbocycles. The molecular weight excluding hydrogens is 231 g/mol. The molecule has 94 valence electrons. The molecule has 0 aliphatic heterocycles. The van der Waals surface area contributed by atoms with Crippen molar-refractivity contribution < 1.29 is 9.18 Å². The van der Waals surface area contributed by atoms with E-state index in [1.165, 1.54) is 12.1 Å². The third-order valence-electron chi connectivity index (χ3n) is 2.81.